The van der Waals surface area contributed by atoms with E-state index in [2.05, 4.69) is 10.0 Å². The predicted octanol–water partition coefficient (Wildman–Crippen LogP) is 2.66. The fourth-order valence-electron chi connectivity index (χ4n) is 2.07. The van der Waals surface area contributed by atoms with E-state index in [1.807, 2.05) is 0 Å². The molecule has 3 rings (SSSR count). The van der Waals surface area contributed by atoms with Gasteiger partial charge >= 0.3 is 0 Å². The highest BCUT2D eigenvalue weighted by molar-refractivity contribution is 7.89. The van der Waals surface area contributed by atoms with Crippen molar-refractivity contribution >= 4 is 21.6 Å². The number of anilines is 1. The molecule has 2 aromatic rings. The summed E-state index contributed by atoms with van der Waals surface area (Å²) in [4.78, 5) is 11.6. The van der Waals surface area contributed by atoms with Crippen LogP contribution in [0.3, 0.4) is 0 Å². The van der Waals surface area contributed by atoms with Crippen molar-refractivity contribution in [2.75, 3.05) is 5.32 Å². The molecule has 0 radical (unpaired) electrons. The van der Waals surface area contributed by atoms with Gasteiger partial charge in [-0.05, 0) is 55.3 Å². The molecule has 0 saturated heterocycles. The minimum atomic E-state index is -4.02. The quantitative estimate of drug-likeness (QED) is 0.869. The van der Waals surface area contributed by atoms with Crippen molar-refractivity contribution in [1.29, 1.82) is 0 Å². The second kappa shape index (κ2) is 6.29. The fraction of sp³-hybridized carbons (Fsp3) is 0.188. The molecule has 0 bridgehead atoms. The predicted molar refractivity (Wildman–Crippen MR) is 84.1 cm³/mol. The van der Waals surface area contributed by atoms with Crippen molar-refractivity contribution in [3.05, 3.63) is 59.7 Å². The van der Waals surface area contributed by atoms with Gasteiger partial charge in [-0.15, -0.1) is 0 Å². The minimum Gasteiger partial charge on any atom is -0.322 e. The molecule has 0 unspecified atom stereocenters. The Hall–Kier alpha value is -2.32. The van der Waals surface area contributed by atoms with Crippen molar-refractivity contribution in [3.8, 4) is 0 Å². The Balaban J connectivity index is 1.84. The number of sulfonamides is 1. The van der Waals surface area contributed by atoms with Crippen LogP contribution < -0.4 is 10.0 Å². The highest BCUT2D eigenvalue weighted by Gasteiger charge is 2.30. The molecule has 2 aromatic carbocycles. The lowest BCUT2D eigenvalue weighted by atomic mass is 10.2. The maximum atomic E-state index is 13.9. The average molecular weight is 352 g/mol. The monoisotopic (exact) mass is 352 g/mol. The van der Waals surface area contributed by atoms with E-state index in [1.54, 1.807) is 0 Å². The Morgan fingerprint density at radius 3 is 2.33 bits per heavy atom. The summed E-state index contributed by atoms with van der Waals surface area (Å²) in [5, 5.41) is 2.49. The van der Waals surface area contributed by atoms with Gasteiger partial charge in [0, 0.05) is 17.3 Å². The highest BCUT2D eigenvalue weighted by Crippen LogP contribution is 2.24. The Bertz CT molecular complexity index is 879. The van der Waals surface area contributed by atoms with Gasteiger partial charge in [-0.3, -0.25) is 4.79 Å². The van der Waals surface area contributed by atoms with Crippen molar-refractivity contribution in [2.45, 2.75) is 23.8 Å². The number of hydrogen-bond acceptors (Lipinski definition) is 3. The van der Waals surface area contributed by atoms with Crippen LogP contribution in [0.1, 0.15) is 23.2 Å². The first-order valence-corrected chi connectivity index (χ1v) is 8.72. The summed E-state index contributed by atoms with van der Waals surface area (Å²) in [5.74, 6) is -2.00. The molecule has 2 N–H and O–H groups in total. The Labute approximate surface area is 137 Å². The third-order valence-corrected chi connectivity index (χ3v) is 5.02. The SMILES string of the molecule is O=C(Nc1ccc(F)cc1)c1ccc(F)c(S(=O)(=O)NC2CC2)c1. The van der Waals surface area contributed by atoms with E-state index in [-0.39, 0.29) is 11.6 Å². The highest BCUT2D eigenvalue weighted by atomic mass is 32.2. The summed E-state index contributed by atoms with van der Waals surface area (Å²) < 4.78 is 53.4. The lowest BCUT2D eigenvalue weighted by molar-refractivity contribution is 0.102. The summed E-state index contributed by atoms with van der Waals surface area (Å²) in [7, 11) is -4.02. The lowest BCUT2D eigenvalue weighted by Gasteiger charge is -2.09. The number of carbonyl (C=O) groups excluding carboxylic acids is 1. The molecule has 24 heavy (non-hydrogen) atoms. The van der Waals surface area contributed by atoms with Gasteiger partial charge in [-0.1, -0.05) is 0 Å². The number of carbonyl (C=O) groups is 1. The average Bonchev–Trinajstić information content (AvgIpc) is 3.33. The number of amides is 1. The van der Waals surface area contributed by atoms with Gasteiger partial charge in [0.25, 0.3) is 5.91 Å². The van der Waals surface area contributed by atoms with Gasteiger partial charge < -0.3 is 5.32 Å². The zero-order valence-electron chi connectivity index (χ0n) is 12.4. The second-order valence-corrected chi connectivity index (χ2v) is 7.18. The van der Waals surface area contributed by atoms with Crippen molar-refractivity contribution in [2.24, 2.45) is 0 Å². The zero-order chi connectivity index (χ0) is 17.3. The summed E-state index contributed by atoms with van der Waals surface area (Å²) in [6.07, 6.45) is 1.43. The molecule has 1 aliphatic carbocycles. The number of rotatable bonds is 5. The van der Waals surface area contributed by atoms with Crippen LogP contribution in [-0.4, -0.2) is 20.4 Å². The van der Waals surface area contributed by atoms with E-state index in [0.29, 0.717) is 18.5 Å². The molecule has 126 valence electrons. The summed E-state index contributed by atoms with van der Waals surface area (Å²) in [6.45, 7) is 0. The molecular weight excluding hydrogens is 338 g/mol. The molecule has 1 amide bonds. The van der Waals surface area contributed by atoms with E-state index in [0.717, 1.165) is 12.1 Å². The molecule has 1 fully saturated rings. The van der Waals surface area contributed by atoms with Crippen molar-refractivity contribution < 1.29 is 22.0 Å². The van der Waals surface area contributed by atoms with E-state index in [4.69, 9.17) is 0 Å². The van der Waals surface area contributed by atoms with Crippen LogP contribution in [0, 0.1) is 11.6 Å². The Morgan fingerprint density at radius 2 is 1.71 bits per heavy atom. The van der Waals surface area contributed by atoms with Crippen LogP contribution in [0.5, 0.6) is 0 Å². The summed E-state index contributed by atoms with van der Waals surface area (Å²) >= 11 is 0. The third-order valence-electron chi connectivity index (χ3n) is 3.48. The fourth-order valence-corrected chi connectivity index (χ4v) is 3.48. The third kappa shape index (κ3) is 3.77. The zero-order valence-corrected chi connectivity index (χ0v) is 13.2. The van der Waals surface area contributed by atoms with Crippen LogP contribution in [0.25, 0.3) is 0 Å². The molecule has 8 heteroatoms. The van der Waals surface area contributed by atoms with Crippen LogP contribution in [0.15, 0.2) is 47.4 Å². The number of halogens is 2. The van der Waals surface area contributed by atoms with Crippen LogP contribution in [0.4, 0.5) is 14.5 Å². The standard InChI is InChI=1S/C16H14F2N2O3S/c17-11-2-4-12(5-3-11)19-16(21)10-1-8-14(18)15(9-10)24(22,23)20-13-6-7-13/h1-5,8-9,13,20H,6-7H2,(H,19,21). The Kier molecular flexibility index (Phi) is 4.33. The van der Waals surface area contributed by atoms with Crippen LogP contribution in [0.2, 0.25) is 0 Å². The smallest absolute Gasteiger partial charge is 0.255 e. The molecule has 0 atom stereocenters. The van der Waals surface area contributed by atoms with Gasteiger partial charge in [0.05, 0.1) is 0 Å². The second-order valence-electron chi connectivity index (χ2n) is 5.50. The van der Waals surface area contributed by atoms with Gasteiger partial charge in [0.1, 0.15) is 16.5 Å². The largest absolute Gasteiger partial charge is 0.322 e. The van der Waals surface area contributed by atoms with Gasteiger partial charge in [0.2, 0.25) is 10.0 Å². The maximum absolute atomic E-state index is 13.9. The molecule has 5 nitrogen and oxygen atoms in total. The van der Waals surface area contributed by atoms with E-state index in [1.165, 1.54) is 30.3 Å². The van der Waals surface area contributed by atoms with Crippen molar-refractivity contribution in [3.63, 3.8) is 0 Å². The number of hydrogen-bond donors (Lipinski definition) is 2. The first-order valence-electron chi connectivity index (χ1n) is 7.24. The number of benzene rings is 2. The van der Waals surface area contributed by atoms with E-state index < -0.39 is 32.5 Å². The lowest BCUT2D eigenvalue weighted by Crippen LogP contribution is -2.27. The van der Waals surface area contributed by atoms with Gasteiger partial charge in [-0.25, -0.2) is 21.9 Å². The summed E-state index contributed by atoms with van der Waals surface area (Å²) in [6, 6.07) is 8.01. The molecule has 0 spiro atoms. The first kappa shape index (κ1) is 16.5. The normalized spacial score (nSPS) is 14.4. The van der Waals surface area contributed by atoms with Gasteiger partial charge in [-0.2, -0.15) is 0 Å². The molecule has 1 aliphatic rings. The van der Waals surface area contributed by atoms with E-state index >= 15 is 0 Å². The maximum Gasteiger partial charge on any atom is 0.255 e. The number of nitrogens with one attached hydrogen (secondary N) is 2. The molecular formula is C16H14F2N2O3S. The first-order chi connectivity index (χ1) is 11.3. The molecule has 1 saturated carbocycles. The molecule has 0 heterocycles. The minimum absolute atomic E-state index is 0.0168. The van der Waals surface area contributed by atoms with E-state index in [9.17, 15) is 22.0 Å². The molecule has 0 aliphatic heterocycles. The van der Waals surface area contributed by atoms with Gasteiger partial charge in [0.15, 0.2) is 0 Å². The Morgan fingerprint density at radius 1 is 1.04 bits per heavy atom. The van der Waals surface area contributed by atoms with Crippen LogP contribution >= 0.6 is 0 Å². The van der Waals surface area contributed by atoms with Crippen LogP contribution in [-0.2, 0) is 10.0 Å². The molecule has 0 aromatic heterocycles. The summed E-state index contributed by atoms with van der Waals surface area (Å²) in [5.41, 5.74) is 0.322. The topological polar surface area (TPSA) is 75.3 Å². The van der Waals surface area contributed by atoms with Crippen molar-refractivity contribution in [1.82, 2.24) is 4.72 Å².